The van der Waals surface area contributed by atoms with Gasteiger partial charge in [-0.15, -0.1) is 0 Å². The average Bonchev–Trinajstić information content (AvgIpc) is 3.21. The lowest BCUT2D eigenvalue weighted by Crippen LogP contribution is -2.43. The van der Waals surface area contributed by atoms with Gasteiger partial charge in [-0.05, 0) is 91.0 Å². The van der Waals surface area contributed by atoms with E-state index in [1.54, 1.807) is 18.2 Å². The summed E-state index contributed by atoms with van der Waals surface area (Å²) < 4.78 is 39.9. The van der Waals surface area contributed by atoms with Crippen molar-refractivity contribution in [3.63, 3.8) is 0 Å². The second-order valence-electron chi connectivity index (χ2n) is 10.1. The highest BCUT2D eigenvalue weighted by Crippen LogP contribution is 2.50. The quantitative estimate of drug-likeness (QED) is 0.456. The van der Waals surface area contributed by atoms with Gasteiger partial charge in [-0.1, -0.05) is 43.5 Å². The minimum absolute atomic E-state index is 0.0714. The van der Waals surface area contributed by atoms with E-state index in [0.717, 1.165) is 53.6 Å². The number of halogens is 1. The largest absolute Gasteiger partial charge is 0.334 e. The summed E-state index contributed by atoms with van der Waals surface area (Å²) >= 11 is 0. The van der Waals surface area contributed by atoms with Gasteiger partial charge in [0, 0.05) is 24.2 Å². The number of amides is 2. The molecule has 2 amide bonds. The fourth-order valence-electron chi connectivity index (χ4n) is 5.80. The Balaban J connectivity index is 1.40. The average molecular weight is 522 g/mol. The molecule has 1 spiro atoms. The van der Waals surface area contributed by atoms with Gasteiger partial charge in [0.15, 0.2) is 0 Å². The molecule has 1 aliphatic heterocycles. The van der Waals surface area contributed by atoms with Crippen molar-refractivity contribution in [3.05, 3.63) is 83.2 Å². The van der Waals surface area contributed by atoms with Crippen LogP contribution < -0.4 is 14.9 Å². The zero-order valence-electron chi connectivity index (χ0n) is 21.2. The third kappa shape index (κ3) is 4.88. The van der Waals surface area contributed by atoms with E-state index in [4.69, 9.17) is 0 Å². The number of anilines is 1. The lowest BCUT2D eigenvalue weighted by Gasteiger charge is -2.34. The lowest BCUT2D eigenvalue weighted by atomic mass is 9.70. The summed E-state index contributed by atoms with van der Waals surface area (Å²) in [6, 6.07) is 17.4. The second kappa shape index (κ2) is 9.91. The van der Waals surface area contributed by atoms with Crippen LogP contribution in [0.2, 0.25) is 0 Å². The van der Waals surface area contributed by atoms with Crippen molar-refractivity contribution in [3.8, 4) is 11.1 Å². The highest BCUT2D eigenvalue weighted by atomic mass is 32.2. The first-order chi connectivity index (χ1) is 17.7. The van der Waals surface area contributed by atoms with Gasteiger partial charge >= 0.3 is 6.03 Å². The van der Waals surface area contributed by atoms with Crippen LogP contribution in [0.4, 0.5) is 14.9 Å². The topological polar surface area (TPSA) is 78.5 Å². The first kappa shape index (κ1) is 25.4. The summed E-state index contributed by atoms with van der Waals surface area (Å²) in [6.45, 7) is 2.85. The molecular weight excluding hydrogens is 489 g/mol. The highest BCUT2D eigenvalue weighted by molar-refractivity contribution is 7.89. The molecule has 3 aromatic rings. The molecule has 3 aromatic carbocycles. The third-order valence-corrected chi connectivity index (χ3v) is 9.25. The lowest BCUT2D eigenvalue weighted by molar-refractivity contribution is 0.242. The SMILES string of the molecule is CNS(=O)(=O)c1ccc(CNC(=O)N2CC3(CCCCC3)c3cc(-c4ccc(F)cc4C)ccc32)cc1. The Morgan fingerprint density at radius 2 is 1.73 bits per heavy atom. The molecule has 2 N–H and O–H groups in total. The van der Waals surface area contributed by atoms with E-state index in [2.05, 4.69) is 16.1 Å². The summed E-state index contributed by atoms with van der Waals surface area (Å²) in [5, 5.41) is 3.02. The van der Waals surface area contributed by atoms with Gasteiger partial charge in [0.25, 0.3) is 0 Å². The zero-order valence-corrected chi connectivity index (χ0v) is 22.0. The smallest absolute Gasteiger partial charge is 0.322 e. The predicted octanol–water partition coefficient (Wildman–Crippen LogP) is 5.64. The van der Waals surface area contributed by atoms with Gasteiger partial charge in [-0.2, -0.15) is 0 Å². The first-order valence-corrected chi connectivity index (χ1v) is 14.2. The molecule has 0 radical (unpaired) electrons. The van der Waals surface area contributed by atoms with Crippen molar-refractivity contribution in [2.45, 2.75) is 55.9 Å². The van der Waals surface area contributed by atoms with Crippen molar-refractivity contribution in [1.29, 1.82) is 0 Å². The van der Waals surface area contributed by atoms with Crippen molar-refractivity contribution in [2.75, 3.05) is 18.5 Å². The number of sulfonamides is 1. The van der Waals surface area contributed by atoms with E-state index < -0.39 is 10.0 Å². The van der Waals surface area contributed by atoms with E-state index in [0.29, 0.717) is 13.1 Å². The molecule has 37 heavy (non-hydrogen) atoms. The van der Waals surface area contributed by atoms with E-state index in [1.807, 2.05) is 30.0 Å². The minimum Gasteiger partial charge on any atom is -0.334 e. The van der Waals surface area contributed by atoms with Crippen LogP contribution in [0.25, 0.3) is 11.1 Å². The maximum Gasteiger partial charge on any atom is 0.322 e. The maximum atomic E-state index is 13.7. The molecule has 1 heterocycles. The van der Waals surface area contributed by atoms with Gasteiger partial charge in [0.2, 0.25) is 10.0 Å². The number of carbonyl (C=O) groups is 1. The number of benzene rings is 3. The van der Waals surface area contributed by atoms with E-state index in [9.17, 15) is 17.6 Å². The maximum absolute atomic E-state index is 13.7. The minimum atomic E-state index is -3.50. The standard InChI is InChI=1S/C29H32FN3O3S/c1-20-16-23(30)9-12-25(20)22-8-13-27-26(17-22)29(14-4-3-5-15-29)19-33(27)28(34)32-18-21-6-10-24(11-7-21)37(35,36)31-2/h6-13,16-17,31H,3-5,14-15,18-19H2,1-2H3,(H,32,34). The molecular formula is C29H32FN3O3S. The zero-order chi connectivity index (χ0) is 26.2. The number of hydrogen-bond acceptors (Lipinski definition) is 3. The number of nitrogens with zero attached hydrogens (tertiary/aromatic N) is 1. The summed E-state index contributed by atoms with van der Waals surface area (Å²) in [5.41, 5.74) is 5.81. The molecule has 8 heteroatoms. The van der Waals surface area contributed by atoms with Crippen LogP contribution in [-0.4, -0.2) is 28.0 Å². The van der Waals surface area contributed by atoms with Crippen molar-refractivity contribution in [1.82, 2.24) is 10.0 Å². The third-order valence-electron chi connectivity index (χ3n) is 7.82. The van der Waals surface area contributed by atoms with Crippen molar-refractivity contribution in [2.24, 2.45) is 0 Å². The molecule has 2 aliphatic rings. The van der Waals surface area contributed by atoms with Crippen molar-refractivity contribution < 1.29 is 17.6 Å². The van der Waals surface area contributed by atoms with E-state index in [-0.39, 0.29) is 22.2 Å². The normalized spacial score (nSPS) is 16.6. The molecule has 1 saturated carbocycles. The van der Waals surface area contributed by atoms with Crippen LogP contribution in [0, 0.1) is 12.7 Å². The summed E-state index contributed by atoms with van der Waals surface area (Å²) in [5.74, 6) is -0.243. The number of fused-ring (bicyclic) bond motifs is 2. The van der Waals surface area contributed by atoms with Gasteiger partial charge < -0.3 is 5.32 Å². The Morgan fingerprint density at radius 1 is 1.00 bits per heavy atom. The number of hydrogen-bond donors (Lipinski definition) is 2. The Bertz CT molecular complexity index is 1430. The molecule has 194 valence electrons. The fraction of sp³-hybridized carbons (Fsp3) is 0.345. The number of carbonyl (C=O) groups excluding carboxylic acids is 1. The summed E-state index contributed by atoms with van der Waals surface area (Å²) in [7, 11) is -2.13. The number of rotatable bonds is 5. The molecule has 0 atom stereocenters. The molecule has 0 unspecified atom stereocenters. The van der Waals surface area contributed by atoms with E-state index >= 15 is 0 Å². The number of nitrogens with one attached hydrogen (secondary N) is 2. The van der Waals surface area contributed by atoms with Gasteiger partial charge in [-0.3, -0.25) is 4.90 Å². The molecule has 6 nitrogen and oxygen atoms in total. The monoisotopic (exact) mass is 521 g/mol. The first-order valence-electron chi connectivity index (χ1n) is 12.7. The van der Waals surface area contributed by atoms with Crippen LogP contribution in [0.3, 0.4) is 0 Å². The number of aryl methyl sites for hydroxylation is 1. The van der Waals surface area contributed by atoms with Crippen molar-refractivity contribution >= 4 is 21.7 Å². The summed E-state index contributed by atoms with van der Waals surface area (Å²) in [6.07, 6.45) is 5.56. The van der Waals surface area contributed by atoms with Crippen LogP contribution in [0.15, 0.2) is 65.6 Å². The Labute approximate surface area is 217 Å². The van der Waals surface area contributed by atoms with Crippen LogP contribution in [0.1, 0.15) is 48.8 Å². The predicted molar refractivity (Wildman–Crippen MR) is 144 cm³/mol. The van der Waals surface area contributed by atoms with Crippen LogP contribution in [0.5, 0.6) is 0 Å². The highest BCUT2D eigenvalue weighted by Gasteiger charge is 2.45. The Kier molecular flexibility index (Phi) is 6.81. The summed E-state index contributed by atoms with van der Waals surface area (Å²) in [4.78, 5) is 15.4. The van der Waals surface area contributed by atoms with Crippen LogP contribution in [-0.2, 0) is 22.0 Å². The van der Waals surface area contributed by atoms with Crippen LogP contribution >= 0.6 is 0 Å². The molecule has 1 fully saturated rings. The number of urea groups is 1. The molecule has 1 aliphatic carbocycles. The van der Waals surface area contributed by atoms with Gasteiger partial charge in [0.1, 0.15) is 5.82 Å². The molecule has 0 bridgehead atoms. The van der Waals surface area contributed by atoms with E-state index in [1.165, 1.54) is 37.2 Å². The Hall–Kier alpha value is -3.23. The Morgan fingerprint density at radius 3 is 2.41 bits per heavy atom. The van der Waals surface area contributed by atoms with Gasteiger partial charge in [-0.25, -0.2) is 22.3 Å². The molecule has 0 aromatic heterocycles. The fourth-order valence-corrected chi connectivity index (χ4v) is 6.53. The second-order valence-corrected chi connectivity index (χ2v) is 12.0. The molecule has 0 saturated heterocycles. The molecule has 5 rings (SSSR count). The van der Waals surface area contributed by atoms with Gasteiger partial charge in [0.05, 0.1) is 4.90 Å².